The van der Waals surface area contributed by atoms with Gasteiger partial charge >= 0.3 is 0 Å². The zero-order valence-electron chi connectivity index (χ0n) is 11.0. The summed E-state index contributed by atoms with van der Waals surface area (Å²) in [6.45, 7) is 12.4. The van der Waals surface area contributed by atoms with E-state index in [1.807, 2.05) is 11.3 Å². The minimum Gasteiger partial charge on any atom is -0.309 e. The molecule has 0 aromatic carbocycles. The van der Waals surface area contributed by atoms with E-state index in [2.05, 4.69) is 51.4 Å². The monoisotopic (exact) mass is 261 g/mol. The Morgan fingerprint density at radius 3 is 2.38 bits per heavy atom. The van der Waals surface area contributed by atoms with Gasteiger partial charge in [-0.2, -0.15) is 0 Å². The van der Waals surface area contributed by atoms with E-state index in [1.54, 1.807) is 0 Å². The summed E-state index contributed by atoms with van der Waals surface area (Å²) in [4.78, 5) is 1.47. The van der Waals surface area contributed by atoms with E-state index in [-0.39, 0.29) is 12.4 Å². The predicted molar refractivity (Wildman–Crippen MR) is 76.7 cm³/mol. The third-order valence-corrected chi connectivity index (χ3v) is 3.95. The van der Waals surface area contributed by atoms with E-state index < -0.39 is 0 Å². The van der Waals surface area contributed by atoms with Gasteiger partial charge in [0.1, 0.15) is 0 Å². The molecule has 1 aromatic rings. The third kappa shape index (κ3) is 4.44. The summed E-state index contributed by atoms with van der Waals surface area (Å²) in [6, 6.07) is 2.79. The first kappa shape index (κ1) is 16.0. The maximum Gasteiger partial charge on any atom is 0.0305 e. The lowest BCUT2D eigenvalue weighted by atomic mass is 9.85. The fraction of sp³-hybridized carbons (Fsp3) is 0.692. The highest BCUT2D eigenvalue weighted by Crippen LogP contribution is 2.23. The second kappa shape index (κ2) is 6.63. The number of halogens is 1. The molecule has 0 radical (unpaired) electrons. The van der Waals surface area contributed by atoms with Crippen LogP contribution >= 0.6 is 23.7 Å². The van der Waals surface area contributed by atoms with Crippen molar-refractivity contribution in [1.82, 2.24) is 5.32 Å². The number of nitrogens with one attached hydrogen (secondary N) is 1. The zero-order chi connectivity index (χ0) is 11.5. The lowest BCUT2D eigenvalue weighted by Crippen LogP contribution is -2.39. The van der Waals surface area contributed by atoms with Gasteiger partial charge in [0, 0.05) is 17.5 Å². The molecule has 3 heteroatoms. The molecule has 1 heterocycles. The van der Waals surface area contributed by atoms with E-state index in [1.165, 1.54) is 16.9 Å². The predicted octanol–water partition coefficient (Wildman–Crippen LogP) is 4.39. The standard InChI is InChI=1S/C13H23NS.ClH/c1-6-12(13(3,4)5)14-9-11-10(2)7-8-15-11;/h7-8,12,14H,6,9H2,1-5H3;1H. The molecular formula is C13H24ClNS. The van der Waals surface area contributed by atoms with E-state index in [9.17, 15) is 0 Å². The summed E-state index contributed by atoms with van der Waals surface area (Å²) in [5.41, 5.74) is 1.76. The lowest BCUT2D eigenvalue weighted by molar-refractivity contribution is 0.260. The average molecular weight is 262 g/mol. The number of hydrogen-bond donors (Lipinski definition) is 1. The van der Waals surface area contributed by atoms with Gasteiger partial charge in [0.2, 0.25) is 0 Å². The van der Waals surface area contributed by atoms with Gasteiger partial charge in [-0.05, 0) is 35.8 Å². The Hall–Kier alpha value is -0.0500. The fourth-order valence-corrected chi connectivity index (χ4v) is 2.72. The number of aryl methyl sites for hydroxylation is 1. The normalized spacial score (nSPS) is 13.3. The largest absolute Gasteiger partial charge is 0.309 e. The van der Waals surface area contributed by atoms with E-state index in [0.29, 0.717) is 11.5 Å². The molecule has 0 spiro atoms. The molecule has 0 saturated heterocycles. The highest BCUT2D eigenvalue weighted by molar-refractivity contribution is 7.10. The topological polar surface area (TPSA) is 12.0 Å². The van der Waals surface area contributed by atoms with E-state index in [0.717, 1.165) is 6.54 Å². The van der Waals surface area contributed by atoms with Gasteiger partial charge in [0.15, 0.2) is 0 Å². The highest BCUT2D eigenvalue weighted by atomic mass is 35.5. The first-order valence-electron chi connectivity index (χ1n) is 5.71. The molecule has 0 aliphatic carbocycles. The fourth-order valence-electron chi connectivity index (χ4n) is 1.86. The van der Waals surface area contributed by atoms with Crippen LogP contribution in [-0.2, 0) is 6.54 Å². The molecule has 0 fully saturated rings. The summed E-state index contributed by atoms with van der Waals surface area (Å²) in [5, 5.41) is 5.83. The minimum absolute atomic E-state index is 0. The molecule has 1 atom stereocenters. The lowest BCUT2D eigenvalue weighted by Gasteiger charge is -2.30. The Bertz CT molecular complexity index is 301. The summed E-state index contributed by atoms with van der Waals surface area (Å²) in [5.74, 6) is 0. The van der Waals surface area contributed by atoms with Crippen molar-refractivity contribution in [3.63, 3.8) is 0 Å². The van der Waals surface area contributed by atoms with Gasteiger partial charge in [0.05, 0.1) is 0 Å². The molecule has 1 N–H and O–H groups in total. The van der Waals surface area contributed by atoms with Crippen LogP contribution in [0.5, 0.6) is 0 Å². The van der Waals surface area contributed by atoms with Crippen molar-refractivity contribution in [1.29, 1.82) is 0 Å². The van der Waals surface area contributed by atoms with Crippen molar-refractivity contribution >= 4 is 23.7 Å². The molecule has 1 unspecified atom stereocenters. The molecule has 0 aliphatic rings. The molecule has 1 nitrogen and oxygen atoms in total. The maximum atomic E-state index is 3.66. The second-order valence-corrected chi connectivity index (χ2v) is 6.24. The van der Waals surface area contributed by atoms with Crippen LogP contribution in [0.15, 0.2) is 11.4 Å². The van der Waals surface area contributed by atoms with Crippen molar-refractivity contribution in [3.05, 3.63) is 21.9 Å². The van der Waals surface area contributed by atoms with Crippen molar-refractivity contribution in [2.45, 2.75) is 53.6 Å². The van der Waals surface area contributed by atoms with Crippen molar-refractivity contribution < 1.29 is 0 Å². The van der Waals surface area contributed by atoms with Crippen LogP contribution in [0, 0.1) is 12.3 Å². The van der Waals surface area contributed by atoms with Gasteiger partial charge in [-0.25, -0.2) is 0 Å². The molecule has 16 heavy (non-hydrogen) atoms. The molecule has 94 valence electrons. The van der Waals surface area contributed by atoms with E-state index in [4.69, 9.17) is 0 Å². The number of hydrogen-bond acceptors (Lipinski definition) is 2. The van der Waals surface area contributed by atoms with Crippen LogP contribution in [0.25, 0.3) is 0 Å². The molecule has 0 bridgehead atoms. The van der Waals surface area contributed by atoms with Crippen LogP contribution in [0.1, 0.15) is 44.6 Å². The molecular weight excluding hydrogens is 238 g/mol. The molecule has 0 saturated carbocycles. The van der Waals surface area contributed by atoms with E-state index >= 15 is 0 Å². The average Bonchev–Trinajstić information content (AvgIpc) is 2.50. The van der Waals surface area contributed by atoms with Gasteiger partial charge in [0.25, 0.3) is 0 Å². The first-order valence-corrected chi connectivity index (χ1v) is 6.59. The Morgan fingerprint density at radius 1 is 1.38 bits per heavy atom. The Labute approximate surface area is 110 Å². The van der Waals surface area contributed by atoms with Crippen LogP contribution in [0.3, 0.4) is 0 Å². The van der Waals surface area contributed by atoms with Gasteiger partial charge in [-0.3, -0.25) is 0 Å². The van der Waals surface area contributed by atoms with Gasteiger partial charge in [-0.1, -0.05) is 27.7 Å². The highest BCUT2D eigenvalue weighted by Gasteiger charge is 2.22. The SMILES string of the molecule is CCC(NCc1sccc1C)C(C)(C)C.Cl. The third-order valence-electron chi connectivity index (χ3n) is 2.93. The Balaban J connectivity index is 0.00000225. The smallest absolute Gasteiger partial charge is 0.0305 e. The maximum absolute atomic E-state index is 3.66. The molecule has 0 amide bonds. The summed E-state index contributed by atoms with van der Waals surface area (Å²) in [7, 11) is 0. The molecule has 0 aliphatic heterocycles. The number of rotatable bonds is 4. The quantitative estimate of drug-likeness (QED) is 0.848. The Kier molecular flexibility index (Phi) is 6.61. The van der Waals surface area contributed by atoms with Gasteiger partial charge in [-0.15, -0.1) is 23.7 Å². The summed E-state index contributed by atoms with van der Waals surface area (Å²) in [6.07, 6.45) is 1.19. The van der Waals surface area contributed by atoms with Gasteiger partial charge < -0.3 is 5.32 Å². The van der Waals surface area contributed by atoms with Crippen LogP contribution < -0.4 is 5.32 Å². The second-order valence-electron chi connectivity index (χ2n) is 5.23. The van der Waals surface area contributed by atoms with Crippen molar-refractivity contribution in [2.75, 3.05) is 0 Å². The van der Waals surface area contributed by atoms with Crippen LogP contribution in [0.2, 0.25) is 0 Å². The molecule has 1 rings (SSSR count). The van der Waals surface area contributed by atoms with Crippen molar-refractivity contribution in [3.8, 4) is 0 Å². The van der Waals surface area contributed by atoms with Crippen molar-refractivity contribution in [2.24, 2.45) is 5.41 Å². The zero-order valence-corrected chi connectivity index (χ0v) is 12.6. The Morgan fingerprint density at radius 2 is 2.00 bits per heavy atom. The first-order chi connectivity index (χ1) is 6.95. The van der Waals surface area contributed by atoms with Crippen LogP contribution in [-0.4, -0.2) is 6.04 Å². The minimum atomic E-state index is 0. The number of thiophene rings is 1. The summed E-state index contributed by atoms with van der Waals surface area (Å²) >= 11 is 1.85. The summed E-state index contributed by atoms with van der Waals surface area (Å²) < 4.78 is 0. The molecule has 1 aromatic heterocycles. The van der Waals surface area contributed by atoms with Crippen LogP contribution in [0.4, 0.5) is 0 Å².